The highest BCUT2D eigenvalue weighted by atomic mass is 32.1. The Hall–Kier alpha value is -2.08. The van der Waals surface area contributed by atoms with Gasteiger partial charge in [0.05, 0.1) is 19.7 Å². The number of aliphatic imine (C=N–C) groups is 1. The van der Waals surface area contributed by atoms with Crippen molar-refractivity contribution in [3.05, 3.63) is 45.9 Å². The SMILES string of the molecule is CCNC(=NCc1cccc(OCC(C)C)c1)NCc1ncc(C)s1. The number of ether oxygens (including phenoxy) is 1. The minimum absolute atomic E-state index is 0.515. The maximum Gasteiger partial charge on any atom is 0.191 e. The van der Waals surface area contributed by atoms with Gasteiger partial charge in [-0.15, -0.1) is 11.3 Å². The molecule has 0 spiro atoms. The van der Waals surface area contributed by atoms with Gasteiger partial charge in [-0.25, -0.2) is 9.98 Å². The van der Waals surface area contributed by atoms with Crippen LogP contribution < -0.4 is 15.4 Å². The number of rotatable bonds is 8. The molecule has 0 aliphatic carbocycles. The number of nitrogens with zero attached hydrogens (tertiary/aromatic N) is 2. The Morgan fingerprint density at radius 2 is 2.16 bits per heavy atom. The molecule has 0 aliphatic heterocycles. The number of aromatic nitrogens is 1. The summed E-state index contributed by atoms with van der Waals surface area (Å²) in [4.78, 5) is 10.2. The van der Waals surface area contributed by atoms with Crippen LogP contribution in [0.4, 0.5) is 0 Å². The molecule has 0 bridgehead atoms. The number of hydrogen-bond acceptors (Lipinski definition) is 4. The van der Waals surface area contributed by atoms with Crippen LogP contribution in [0.5, 0.6) is 5.75 Å². The first-order chi connectivity index (χ1) is 12.1. The lowest BCUT2D eigenvalue weighted by Crippen LogP contribution is -2.36. The van der Waals surface area contributed by atoms with Gasteiger partial charge in [-0.3, -0.25) is 0 Å². The van der Waals surface area contributed by atoms with Crippen molar-refractivity contribution >= 4 is 17.3 Å². The van der Waals surface area contributed by atoms with E-state index in [4.69, 9.17) is 4.74 Å². The van der Waals surface area contributed by atoms with E-state index < -0.39 is 0 Å². The monoisotopic (exact) mass is 360 g/mol. The number of guanidine groups is 1. The number of hydrogen-bond donors (Lipinski definition) is 2. The van der Waals surface area contributed by atoms with Crippen LogP contribution in [-0.2, 0) is 13.1 Å². The summed E-state index contributed by atoms with van der Waals surface area (Å²) in [5.74, 6) is 2.21. The van der Waals surface area contributed by atoms with Crippen molar-refractivity contribution in [2.75, 3.05) is 13.2 Å². The molecule has 0 atom stereocenters. The van der Waals surface area contributed by atoms with Crippen LogP contribution in [-0.4, -0.2) is 24.1 Å². The first kappa shape index (κ1) is 19.2. The van der Waals surface area contributed by atoms with Gasteiger partial charge in [-0.05, 0) is 37.5 Å². The molecule has 25 heavy (non-hydrogen) atoms. The van der Waals surface area contributed by atoms with Crippen LogP contribution >= 0.6 is 11.3 Å². The van der Waals surface area contributed by atoms with Crippen LogP contribution in [0.2, 0.25) is 0 Å². The summed E-state index contributed by atoms with van der Waals surface area (Å²) in [6.45, 7) is 11.2. The summed E-state index contributed by atoms with van der Waals surface area (Å²) < 4.78 is 5.78. The predicted octanol–water partition coefficient (Wildman–Crippen LogP) is 3.74. The van der Waals surface area contributed by atoms with Crippen molar-refractivity contribution in [3.8, 4) is 5.75 Å². The third-order valence-corrected chi connectivity index (χ3v) is 4.23. The van der Waals surface area contributed by atoms with E-state index in [1.54, 1.807) is 11.3 Å². The van der Waals surface area contributed by atoms with Gasteiger partial charge in [0, 0.05) is 17.6 Å². The standard InChI is InChI=1S/C19H28N4OS/c1-5-20-19(23-12-18-21-10-15(4)25-18)22-11-16-7-6-8-17(9-16)24-13-14(2)3/h6-10,14H,5,11-13H2,1-4H3,(H2,20,22,23). The molecule has 0 aliphatic rings. The van der Waals surface area contributed by atoms with E-state index in [1.807, 2.05) is 18.3 Å². The maximum atomic E-state index is 5.78. The number of benzene rings is 1. The van der Waals surface area contributed by atoms with Crippen molar-refractivity contribution in [1.29, 1.82) is 0 Å². The Morgan fingerprint density at radius 1 is 1.32 bits per heavy atom. The summed E-state index contributed by atoms with van der Waals surface area (Å²) in [6.07, 6.45) is 1.90. The molecule has 0 radical (unpaired) electrons. The minimum Gasteiger partial charge on any atom is -0.493 e. The van der Waals surface area contributed by atoms with Crippen molar-refractivity contribution in [2.24, 2.45) is 10.9 Å². The molecule has 1 aromatic carbocycles. The highest BCUT2D eigenvalue weighted by Gasteiger charge is 2.03. The largest absolute Gasteiger partial charge is 0.493 e. The molecule has 0 saturated heterocycles. The third-order valence-electron chi connectivity index (χ3n) is 3.32. The van der Waals surface area contributed by atoms with Crippen LogP contribution in [0.3, 0.4) is 0 Å². The Labute approximate surface area is 154 Å². The van der Waals surface area contributed by atoms with E-state index in [0.29, 0.717) is 19.0 Å². The third kappa shape index (κ3) is 7.13. The second-order valence-corrected chi connectivity index (χ2v) is 7.58. The summed E-state index contributed by atoms with van der Waals surface area (Å²) in [7, 11) is 0. The van der Waals surface area contributed by atoms with Gasteiger partial charge < -0.3 is 15.4 Å². The lowest BCUT2D eigenvalue weighted by molar-refractivity contribution is 0.271. The minimum atomic E-state index is 0.515. The zero-order valence-corrected chi connectivity index (χ0v) is 16.3. The Morgan fingerprint density at radius 3 is 2.84 bits per heavy atom. The van der Waals surface area contributed by atoms with Crippen molar-refractivity contribution in [1.82, 2.24) is 15.6 Å². The maximum absolute atomic E-state index is 5.78. The van der Waals surface area contributed by atoms with E-state index in [2.05, 4.69) is 60.4 Å². The number of nitrogens with one attached hydrogen (secondary N) is 2. The molecule has 1 heterocycles. The first-order valence-electron chi connectivity index (χ1n) is 8.72. The molecule has 2 rings (SSSR count). The van der Waals surface area contributed by atoms with Crippen LogP contribution in [0.25, 0.3) is 0 Å². The summed E-state index contributed by atoms with van der Waals surface area (Å²) in [6, 6.07) is 8.13. The number of thiazole rings is 1. The second kappa shape index (κ2) is 10.0. The smallest absolute Gasteiger partial charge is 0.191 e. The Balaban J connectivity index is 1.94. The molecule has 2 aromatic rings. The van der Waals surface area contributed by atoms with Crippen molar-refractivity contribution in [3.63, 3.8) is 0 Å². The fourth-order valence-corrected chi connectivity index (χ4v) is 2.88. The molecule has 0 fully saturated rings. The molecule has 0 unspecified atom stereocenters. The molecular formula is C19H28N4OS. The van der Waals surface area contributed by atoms with E-state index in [-0.39, 0.29) is 0 Å². The summed E-state index contributed by atoms with van der Waals surface area (Å²) in [5.41, 5.74) is 1.13. The molecule has 5 nitrogen and oxygen atoms in total. The van der Waals surface area contributed by atoms with E-state index >= 15 is 0 Å². The molecule has 136 valence electrons. The van der Waals surface area contributed by atoms with Gasteiger partial charge in [0.2, 0.25) is 0 Å². The van der Waals surface area contributed by atoms with Gasteiger partial charge in [0.1, 0.15) is 10.8 Å². The lowest BCUT2D eigenvalue weighted by Gasteiger charge is -2.11. The molecule has 0 saturated carbocycles. The molecule has 0 amide bonds. The van der Waals surface area contributed by atoms with E-state index in [1.165, 1.54) is 4.88 Å². The van der Waals surface area contributed by atoms with Gasteiger partial charge >= 0.3 is 0 Å². The van der Waals surface area contributed by atoms with Crippen molar-refractivity contribution < 1.29 is 4.74 Å². The van der Waals surface area contributed by atoms with Gasteiger partial charge in [0.15, 0.2) is 5.96 Å². The molecule has 2 N–H and O–H groups in total. The molecule has 6 heteroatoms. The average molecular weight is 361 g/mol. The lowest BCUT2D eigenvalue weighted by atomic mass is 10.2. The topological polar surface area (TPSA) is 58.5 Å². The van der Waals surface area contributed by atoms with E-state index in [0.717, 1.165) is 35.4 Å². The highest BCUT2D eigenvalue weighted by molar-refractivity contribution is 7.11. The van der Waals surface area contributed by atoms with E-state index in [9.17, 15) is 0 Å². The zero-order valence-electron chi connectivity index (χ0n) is 15.5. The van der Waals surface area contributed by atoms with Gasteiger partial charge in [-0.1, -0.05) is 26.0 Å². The summed E-state index contributed by atoms with van der Waals surface area (Å²) >= 11 is 1.70. The number of aryl methyl sites for hydroxylation is 1. The molecular weight excluding hydrogens is 332 g/mol. The Kier molecular flexibility index (Phi) is 7.73. The zero-order chi connectivity index (χ0) is 18.1. The molecule has 1 aromatic heterocycles. The second-order valence-electron chi connectivity index (χ2n) is 6.27. The van der Waals surface area contributed by atoms with Gasteiger partial charge in [-0.2, -0.15) is 0 Å². The Bertz CT molecular complexity index is 682. The predicted molar refractivity (Wildman–Crippen MR) is 105 cm³/mol. The van der Waals surface area contributed by atoms with Crippen LogP contribution in [0, 0.1) is 12.8 Å². The first-order valence-corrected chi connectivity index (χ1v) is 9.53. The quantitative estimate of drug-likeness (QED) is 0.556. The van der Waals surface area contributed by atoms with Gasteiger partial charge in [0.25, 0.3) is 0 Å². The normalized spacial score (nSPS) is 11.6. The van der Waals surface area contributed by atoms with Crippen molar-refractivity contribution in [2.45, 2.75) is 40.8 Å². The fraction of sp³-hybridized carbons (Fsp3) is 0.474. The van der Waals surface area contributed by atoms with Crippen LogP contribution in [0.1, 0.15) is 36.2 Å². The highest BCUT2D eigenvalue weighted by Crippen LogP contribution is 2.15. The average Bonchev–Trinajstić information content (AvgIpc) is 3.01. The van der Waals surface area contributed by atoms with Crippen LogP contribution in [0.15, 0.2) is 35.5 Å². The fourth-order valence-electron chi connectivity index (χ4n) is 2.15. The summed E-state index contributed by atoms with van der Waals surface area (Å²) in [5, 5.41) is 7.66.